The Labute approximate surface area is 203 Å². The summed E-state index contributed by atoms with van der Waals surface area (Å²) in [5.74, 6) is 0.571. The molecule has 0 unspecified atom stereocenters. The number of anilines is 1. The summed E-state index contributed by atoms with van der Waals surface area (Å²) in [7, 11) is 4.55. The number of carbonyl (C=O) groups is 1. The number of nitrogens with zero attached hydrogens (tertiary/aromatic N) is 3. The van der Waals surface area contributed by atoms with Gasteiger partial charge in [-0.3, -0.25) is 4.79 Å². The van der Waals surface area contributed by atoms with Gasteiger partial charge in [0, 0.05) is 16.5 Å². The summed E-state index contributed by atoms with van der Waals surface area (Å²) in [5.41, 5.74) is 1.19. The van der Waals surface area contributed by atoms with Crippen LogP contribution in [0.15, 0.2) is 59.0 Å². The van der Waals surface area contributed by atoms with Gasteiger partial charge in [0.1, 0.15) is 5.82 Å². The van der Waals surface area contributed by atoms with Crippen LogP contribution in [0, 0.1) is 5.82 Å². The fraction of sp³-hybridized carbons (Fsp3) is 0.125. The molecule has 1 amide bonds. The van der Waals surface area contributed by atoms with Gasteiger partial charge < -0.3 is 14.2 Å². The Bertz CT molecular complexity index is 1340. The van der Waals surface area contributed by atoms with Gasteiger partial charge in [0.15, 0.2) is 11.5 Å². The fourth-order valence-electron chi connectivity index (χ4n) is 3.09. The number of methoxy groups -OCH3 is 3. The van der Waals surface area contributed by atoms with Crippen molar-refractivity contribution in [3.8, 4) is 17.2 Å². The molecule has 0 aliphatic heterocycles. The van der Waals surface area contributed by atoms with E-state index >= 15 is 0 Å². The molecule has 0 bridgehead atoms. The van der Waals surface area contributed by atoms with Gasteiger partial charge in [0.05, 0.1) is 37.8 Å². The summed E-state index contributed by atoms with van der Waals surface area (Å²) in [6.07, 6.45) is 4.63. The predicted molar refractivity (Wildman–Crippen MR) is 134 cm³/mol. The Kier molecular flexibility index (Phi) is 7.19. The van der Waals surface area contributed by atoms with Crippen LogP contribution in [0.3, 0.4) is 0 Å². The summed E-state index contributed by atoms with van der Waals surface area (Å²) in [5, 5.41) is 7.81. The summed E-state index contributed by atoms with van der Waals surface area (Å²) < 4.78 is 30.4. The van der Waals surface area contributed by atoms with Gasteiger partial charge in [-0.15, -0.1) is 11.3 Å². The van der Waals surface area contributed by atoms with E-state index in [1.54, 1.807) is 24.3 Å². The molecule has 10 heteroatoms. The van der Waals surface area contributed by atoms with Crippen LogP contribution in [0.25, 0.3) is 16.3 Å². The lowest BCUT2D eigenvalue weighted by atomic mass is 10.2. The van der Waals surface area contributed by atoms with E-state index in [2.05, 4.69) is 10.1 Å². The number of hydrogen-bond acceptors (Lipinski definition) is 8. The second-order valence-electron chi connectivity index (χ2n) is 6.81. The molecule has 0 N–H and O–H groups in total. The number of thiophene rings is 1. The number of hydrogen-bond donors (Lipinski definition) is 0. The van der Waals surface area contributed by atoms with Crippen LogP contribution in [0.2, 0.25) is 0 Å². The van der Waals surface area contributed by atoms with Crippen molar-refractivity contribution in [2.45, 2.75) is 0 Å². The second kappa shape index (κ2) is 10.4. The van der Waals surface area contributed by atoms with Gasteiger partial charge in [-0.1, -0.05) is 17.4 Å². The van der Waals surface area contributed by atoms with Gasteiger partial charge in [-0.25, -0.2) is 9.37 Å². The Morgan fingerprint density at radius 1 is 1.09 bits per heavy atom. The molecule has 34 heavy (non-hydrogen) atoms. The molecule has 2 aromatic carbocycles. The third-order valence-electron chi connectivity index (χ3n) is 4.67. The van der Waals surface area contributed by atoms with Crippen LogP contribution in [0.5, 0.6) is 17.2 Å². The largest absolute Gasteiger partial charge is 0.493 e. The van der Waals surface area contributed by atoms with Gasteiger partial charge >= 0.3 is 0 Å². The van der Waals surface area contributed by atoms with Crippen molar-refractivity contribution >= 4 is 56.2 Å². The number of fused-ring (bicyclic) bond motifs is 1. The molecule has 0 atom stereocenters. The topological polar surface area (TPSA) is 73.2 Å². The van der Waals surface area contributed by atoms with Crippen molar-refractivity contribution < 1.29 is 23.4 Å². The van der Waals surface area contributed by atoms with Crippen molar-refractivity contribution in [3.63, 3.8) is 0 Å². The first-order chi connectivity index (χ1) is 16.5. The normalized spacial score (nSPS) is 11.4. The van der Waals surface area contributed by atoms with E-state index in [0.29, 0.717) is 38.2 Å². The van der Waals surface area contributed by atoms with Crippen molar-refractivity contribution in [2.24, 2.45) is 5.10 Å². The number of aromatic nitrogens is 1. The molecule has 7 nitrogen and oxygen atoms in total. The van der Waals surface area contributed by atoms with Crippen LogP contribution >= 0.6 is 22.7 Å². The molecule has 4 rings (SSSR count). The van der Waals surface area contributed by atoms with Crippen molar-refractivity contribution in [1.29, 1.82) is 0 Å². The lowest BCUT2D eigenvalue weighted by Crippen LogP contribution is -2.23. The third-order valence-corrected chi connectivity index (χ3v) is 6.50. The van der Waals surface area contributed by atoms with Gasteiger partial charge in [-0.2, -0.15) is 10.1 Å². The molecule has 0 radical (unpaired) electrons. The molecule has 0 aliphatic carbocycles. The van der Waals surface area contributed by atoms with Crippen LogP contribution < -0.4 is 19.2 Å². The van der Waals surface area contributed by atoms with Gasteiger partial charge in [0.2, 0.25) is 10.9 Å². The smallest absolute Gasteiger partial charge is 0.273 e. The van der Waals surface area contributed by atoms with E-state index in [1.165, 1.54) is 73.4 Å². The Balaban J connectivity index is 1.73. The lowest BCUT2D eigenvalue weighted by Gasteiger charge is -2.14. The Morgan fingerprint density at radius 3 is 2.50 bits per heavy atom. The van der Waals surface area contributed by atoms with Crippen LogP contribution in [-0.2, 0) is 4.79 Å². The van der Waals surface area contributed by atoms with E-state index in [9.17, 15) is 9.18 Å². The molecule has 0 fully saturated rings. The highest BCUT2D eigenvalue weighted by Crippen LogP contribution is 2.38. The first-order valence-corrected chi connectivity index (χ1v) is 11.7. The number of rotatable bonds is 8. The maximum Gasteiger partial charge on any atom is 0.273 e. The van der Waals surface area contributed by atoms with Crippen molar-refractivity contribution in [2.75, 3.05) is 26.3 Å². The molecule has 0 saturated carbocycles. The minimum atomic E-state index is -0.406. The summed E-state index contributed by atoms with van der Waals surface area (Å²) >= 11 is 2.68. The lowest BCUT2D eigenvalue weighted by molar-refractivity contribution is -0.114. The molecule has 0 saturated heterocycles. The third kappa shape index (κ3) is 5.08. The second-order valence-corrected chi connectivity index (χ2v) is 8.80. The van der Waals surface area contributed by atoms with Crippen molar-refractivity contribution in [1.82, 2.24) is 4.98 Å². The molecule has 0 spiro atoms. The zero-order chi connectivity index (χ0) is 24.1. The van der Waals surface area contributed by atoms with Crippen LogP contribution in [0.4, 0.5) is 9.52 Å². The minimum Gasteiger partial charge on any atom is -0.493 e. The maximum absolute atomic E-state index is 13.7. The molecular formula is C24H20FN3O4S2. The Hall–Kier alpha value is -3.76. The predicted octanol–water partition coefficient (Wildman–Crippen LogP) is 5.60. The number of carbonyl (C=O) groups excluding carboxylic acids is 1. The quantitative estimate of drug-likeness (QED) is 0.180. The highest BCUT2D eigenvalue weighted by Gasteiger charge is 2.18. The van der Waals surface area contributed by atoms with E-state index in [1.807, 2.05) is 17.5 Å². The number of thiazole rings is 1. The Morgan fingerprint density at radius 2 is 1.85 bits per heavy atom. The number of amides is 1. The van der Waals surface area contributed by atoms with Crippen molar-refractivity contribution in [3.05, 3.63) is 70.2 Å². The van der Waals surface area contributed by atoms with E-state index < -0.39 is 5.91 Å². The number of hydrazone groups is 1. The number of ether oxygens (including phenoxy) is 3. The monoisotopic (exact) mass is 497 g/mol. The minimum absolute atomic E-state index is 0.310. The standard InChI is InChI=1S/C24H20FN3O4S2/c1-30-19-11-15(12-20(31-2)23(19)32-3)14-26-28(22(29)9-7-17-5-4-10-33-17)24-27-18-8-6-16(25)13-21(18)34-24/h4-14H,1-3H3/b9-7+,26-14+. The zero-order valence-electron chi connectivity index (χ0n) is 18.5. The molecule has 4 aromatic rings. The highest BCUT2D eigenvalue weighted by molar-refractivity contribution is 7.22. The first-order valence-electron chi connectivity index (χ1n) is 9.98. The maximum atomic E-state index is 13.7. The zero-order valence-corrected chi connectivity index (χ0v) is 20.2. The molecule has 0 aliphatic rings. The van der Waals surface area contributed by atoms with E-state index in [-0.39, 0.29) is 5.82 Å². The average Bonchev–Trinajstić information content (AvgIpc) is 3.51. The number of benzene rings is 2. The summed E-state index contributed by atoms with van der Waals surface area (Å²) in [6, 6.07) is 11.5. The molecule has 2 aromatic heterocycles. The summed E-state index contributed by atoms with van der Waals surface area (Å²) in [6.45, 7) is 0. The highest BCUT2D eigenvalue weighted by atomic mass is 32.1. The molecule has 2 heterocycles. The summed E-state index contributed by atoms with van der Waals surface area (Å²) in [4.78, 5) is 18.5. The van der Waals surface area contributed by atoms with Gasteiger partial charge in [0.25, 0.3) is 5.91 Å². The van der Waals surface area contributed by atoms with Crippen LogP contribution in [-0.4, -0.2) is 38.4 Å². The number of halogens is 1. The average molecular weight is 498 g/mol. The SMILES string of the molecule is COc1cc(/C=N/N(C(=O)/C=C/c2cccs2)c2nc3ccc(F)cc3s2)cc(OC)c1OC. The van der Waals surface area contributed by atoms with E-state index in [4.69, 9.17) is 14.2 Å². The molecular weight excluding hydrogens is 477 g/mol. The molecule has 174 valence electrons. The van der Waals surface area contributed by atoms with Crippen LogP contribution in [0.1, 0.15) is 10.4 Å². The van der Waals surface area contributed by atoms with Gasteiger partial charge in [-0.05, 0) is 47.9 Å². The first kappa shape index (κ1) is 23.4. The fourth-order valence-corrected chi connectivity index (χ4v) is 4.66. The van der Waals surface area contributed by atoms with E-state index in [0.717, 1.165) is 4.88 Å².